The summed E-state index contributed by atoms with van der Waals surface area (Å²) in [6, 6.07) is 0. The third-order valence-electron chi connectivity index (χ3n) is 7.65. The van der Waals surface area contributed by atoms with Gasteiger partial charge in [-0.2, -0.15) is 0 Å². The predicted octanol–water partition coefficient (Wildman–Crippen LogP) is 4.42. The minimum absolute atomic E-state index is 0.0159. The van der Waals surface area contributed by atoms with Gasteiger partial charge in [-0.1, -0.05) is 32.6 Å². The molecule has 0 aromatic heterocycles. The van der Waals surface area contributed by atoms with Crippen molar-refractivity contribution >= 4 is 11.6 Å². The van der Waals surface area contributed by atoms with Crippen molar-refractivity contribution in [3.8, 4) is 0 Å². The molecule has 0 spiro atoms. The summed E-state index contributed by atoms with van der Waals surface area (Å²) in [7, 11) is 0. The molecule has 0 bridgehead atoms. The molecule has 4 aliphatic rings. The maximum Gasteiger partial charge on any atom is 0.181 e. The molecule has 0 aliphatic heterocycles. The number of Topliss-reactive ketones (excluding diaryl/α,β-unsaturated/α-hetero) is 1. The first-order chi connectivity index (χ1) is 10.8. The van der Waals surface area contributed by atoms with E-state index in [2.05, 4.69) is 27.0 Å². The van der Waals surface area contributed by atoms with Crippen molar-refractivity contribution in [1.82, 2.24) is 0 Å². The second-order valence-corrected chi connectivity index (χ2v) is 8.72. The van der Waals surface area contributed by atoms with Crippen molar-refractivity contribution in [3.63, 3.8) is 0 Å². The lowest BCUT2D eigenvalue weighted by molar-refractivity contribution is -0.131. The standard InChI is InChI=1S/C21H26O2/c1-12-9-14-15-5-6-19(23)20(15,3)8-7-16(14)21(4)11-13(2)18(22)10-17(12)21/h10,14-16H,1-2,5-9,11H2,3-4H3/t14-,15-,16+,20-,21+/m0/s1. The molecule has 0 amide bonds. The van der Waals surface area contributed by atoms with Gasteiger partial charge in [-0.3, -0.25) is 9.59 Å². The fourth-order valence-corrected chi connectivity index (χ4v) is 6.39. The van der Waals surface area contributed by atoms with Crippen LogP contribution in [0.25, 0.3) is 0 Å². The SMILES string of the molecule is C=C1C[C@@]2(C)C(=CC1=O)C(=C)C[C@@H]1[C@H]2CC[C@]2(C)C(=O)CC[C@@H]12. The highest BCUT2D eigenvalue weighted by Crippen LogP contribution is 2.65. The first-order valence-electron chi connectivity index (χ1n) is 8.93. The highest BCUT2D eigenvalue weighted by atomic mass is 16.1. The van der Waals surface area contributed by atoms with E-state index in [1.54, 1.807) is 6.08 Å². The molecule has 0 N–H and O–H groups in total. The summed E-state index contributed by atoms with van der Waals surface area (Å²) in [5, 5.41) is 0. The lowest BCUT2D eigenvalue weighted by Gasteiger charge is -2.57. The Labute approximate surface area is 138 Å². The Bertz CT molecular complexity index is 682. The number of allylic oxidation sites excluding steroid dienone is 3. The van der Waals surface area contributed by atoms with Crippen LogP contribution in [0.2, 0.25) is 0 Å². The van der Waals surface area contributed by atoms with Gasteiger partial charge in [0.25, 0.3) is 0 Å². The topological polar surface area (TPSA) is 34.1 Å². The molecule has 5 atom stereocenters. The Morgan fingerprint density at radius 2 is 1.74 bits per heavy atom. The summed E-state index contributed by atoms with van der Waals surface area (Å²) in [6.07, 6.45) is 7.41. The summed E-state index contributed by atoms with van der Waals surface area (Å²) < 4.78 is 0. The molecular formula is C21H26O2. The van der Waals surface area contributed by atoms with E-state index in [4.69, 9.17) is 0 Å². The quantitative estimate of drug-likeness (QED) is 0.621. The van der Waals surface area contributed by atoms with Gasteiger partial charge in [-0.05, 0) is 67.1 Å². The minimum Gasteiger partial charge on any atom is -0.299 e. The Morgan fingerprint density at radius 1 is 1.04 bits per heavy atom. The summed E-state index contributed by atoms with van der Waals surface area (Å²) in [5.41, 5.74) is 2.90. The van der Waals surface area contributed by atoms with Crippen LogP contribution < -0.4 is 0 Å². The van der Waals surface area contributed by atoms with Crippen LogP contribution in [0.1, 0.15) is 52.4 Å². The third-order valence-corrected chi connectivity index (χ3v) is 7.65. The van der Waals surface area contributed by atoms with Gasteiger partial charge < -0.3 is 0 Å². The average molecular weight is 310 g/mol. The monoisotopic (exact) mass is 310 g/mol. The fraction of sp³-hybridized carbons (Fsp3) is 0.619. The molecule has 4 rings (SSSR count). The van der Waals surface area contributed by atoms with Gasteiger partial charge in [0.05, 0.1) is 0 Å². The van der Waals surface area contributed by atoms with Crippen LogP contribution in [0.3, 0.4) is 0 Å². The highest BCUT2D eigenvalue weighted by molar-refractivity contribution is 6.05. The number of fused-ring (bicyclic) bond motifs is 5. The van der Waals surface area contributed by atoms with Gasteiger partial charge in [0.2, 0.25) is 0 Å². The van der Waals surface area contributed by atoms with E-state index in [0.717, 1.165) is 49.7 Å². The van der Waals surface area contributed by atoms with Crippen molar-refractivity contribution in [3.05, 3.63) is 36.0 Å². The van der Waals surface area contributed by atoms with Crippen LogP contribution in [0, 0.1) is 28.6 Å². The minimum atomic E-state index is -0.111. The molecule has 0 saturated heterocycles. The number of hydrogen-bond acceptors (Lipinski definition) is 2. The first-order valence-corrected chi connectivity index (χ1v) is 8.93. The molecule has 2 nitrogen and oxygen atoms in total. The maximum atomic E-state index is 12.5. The third kappa shape index (κ3) is 1.81. The van der Waals surface area contributed by atoms with E-state index < -0.39 is 0 Å². The zero-order valence-corrected chi connectivity index (χ0v) is 14.3. The van der Waals surface area contributed by atoms with Crippen molar-refractivity contribution in [1.29, 1.82) is 0 Å². The van der Waals surface area contributed by atoms with Crippen molar-refractivity contribution < 1.29 is 9.59 Å². The van der Waals surface area contributed by atoms with E-state index in [0.29, 0.717) is 23.5 Å². The Morgan fingerprint density at radius 3 is 2.48 bits per heavy atom. The fourth-order valence-electron chi connectivity index (χ4n) is 6.39. The molecule has 3 saturated carbocycles. The summed E-state index contributed by atoms with van der Waals surface area (Å²) >= 11 is 0. The van der Waals surface area contributed by atoms with E-state index >= 15 is 0 Å². The average Bonchev–Trinajstić information content (AvgIpc) is 2.78. The molecule has 23 heavy (non-hydrogen) atoms. The second-order valence-electron chi connectivity index (χ2n) is 8.72. The smallest absolute Gasteiger partial charge is 0.181 e. The lowest BCUT2D eigenvalue weighted by atomic mass is 9.46. The molecule has 4 aliphatic carbocycles. The van der Waals surface area contributed by atoms with Crippen molar-refractivity contribution in [2.45, 2.75) is 52.4 Å². The van der Waals surface area contributed by atoms with E-state index in [-0.39, 0.29) is 16.6 Å². The van der Waals surface area contributed by atoms with Crippen LogP contribution in [0.5, 0.6) is 0 Å². The second kappa shape index (κ2) is 4.55. The zero-order chi connectivity index (χ0) is 16.6. The molecule has 0 aromatic carbocycles. The molecule has 0 aromatic rings. The number of carbonyl (C=O) groups excluding carboxylic acids is 2. The van der Waals surface area contributed by atoms with Crippen LogP contribution in [-0.2, 0) is 9.59 Å². The number of ketones is 2. The van der Waals surface area contributed by atoms with Gasteiger partial charge in [0.15, 0.2) is 5.78 Å². The lowest BCUT2D eigenvalue weighted by Crippen LogP contribution is -2.51. The largest absolute Gasteiger partial charge is 0.299 e. The highest BCUT2D eigenvalue weighted by Gasteiger charge is 2.59. The van der Waals surface area contributed by atoms with Crippen LogP contribution in [-0.4, -0.2) is 11.6 Å². The molecule has 3 fully saturated rings. The van der Waals surface area contributed by atoms with E-state index in [1.807, 2.05) is 0 Å². The zero-order valence-electron chi connectivity index (χ0n) is 14.3. The molecule has 0 radical (unpaired) electrons. The number of carbonyl (C=O) groups is 2. The molecule has 0 heterocycles. The summed E-state index contributed by atoms with van der Waals surface area (Å²) in [5.74, 6) is 2.13. The van der Waals surface area contributed by atoms with Gasteiger partial charge in [-0.15, -0.1) is 0 Å². The van der Waals surface area contributed by atoms with Gasteiger partial charge in [-0.25, -0.2) is 0 Å². The van der Waals surface area contributed by atoms with Crippen LogP contribution >= 0.6 is 0 Å². The molecular weight excluding hydrogens is 284 g/mol. The van der Waals surface area contributed by atoms with Gasteiger partial charge >= 0.3 is 0 Å². The van der Waals surface area contributed by atoms with Crippen molar-refractivity contribution in [2.24, 2.45) is 28.6 Å². The number of rotatable bonds is 0. The maximum absolute atomic E-state index is 12.5. The van der Waals surface area contributed by atoms with Gasteiger partial charge in [0, 0.05) is 17.3 Å². The summed E-state index contributed by atoms with van der Waals surface area (Å²) in [4.78, 5) is 24.6. The van der Waals surface area contributed by atoms with E-state index in [1.165, 1.54) is 5.57 Å². The summed E-state index contributed by atoms with van der Waals surface area (Å²) in [6.45, 7) is 12.8. The van der Waals surface area contributed by atoms with Crippen LogP contribution in [0.15, 0.2) is 36.0 Å². The molecule has 122 valence electrons. The number of hydrogen-bond donors (Lipinski definition) is 0. The Hall–Kier alpha value is -1.44. The Kier molecular flexibility index (Phi) is 2.99. The van der Waals surface area contributed by atoms with E-state index in [9.17, 15) is 9.59 Å². The normalized spacial score (nSPS) is 46.2. The molecule has 2 heteroatoms. The predicted molar refractivity (Wildman–Crippen MR) is 90.8 cm³/mol. The van der Waals surface area contributed by atoms with Gasteiger partial charge in [0.1, 0.15) is 5.78 Å². The first kappa shape index (κ1) is 15.1. The molecule has 0 unspecified atom stereocenters. The van der Waals surface area contributed by atoms with Crippen LogP contribution in [0.4, 0.5) is 0 Å². The van der Waals surface area contributed by atoms with Crippen molar-refractivity contribution in [2.75, 3.05) is 0 Å². The Balaban J connectivity index is 1.78.